The molecule has 1 aromatic rings. The molecule has 2 aliphatic rings. The summed E-state index contributed by atoms with van der Waals surface area (Å²) in [6.07, 6.45) is 9.21. The van der Waals surface area contributed by atoms with Gasteiger partial charge in [-0.1, -0.05) is 35.9 Å². The zero-order chi connectivity index (χ0) is 11.7. The first-order chi connectivity index (χ1) is 8.34. The molecular formula is C16H18O. The first-order valence-electron chi connectivity index (χ1n) is 6.64. The van der Waals surface area contributed by atoms with Crippen LogP contribution in [-0.4, -0.2) is 5.78 Å². The van der Waals surface area contributed by atoms with Crippen molar-refractivity contribution in [1.82, 2.24) is 0 Å². The summed E-state index contributed by atoms with van der Waals surface area (Å²) in [7, 11) is 0. The van der Waals surface area contributed by atoms with Gasteiger partial charge in [0.1, 0.15) is 0 Å². The third-order valence-corrected chi connectivity index (χ3v) is 4.07. The number of hydrogen-bond donors (Lipinski definition) is 0. The van der Waals surface area contributed by atoms with Gasteiger partial charge >= 0.3 is 0 Å². The van der Waals surface area contributed by atoms with E-state index in [-0.39, 0.29) is 0 Å². The molecule has 0 spiro atoms. The molecule has 0 radical (unpaired) electrons. The Kier molecular flexibility index (Phi) is 2.84. The summed E-state index contributed by atoms with van der Waals surface area (Å²) in [4.78, 5) is 12.1. The Morgan fingerprint density at radius 1 is 1.06 bits per heavy atom. The fourth-order valence-electron chi connectivity index (χ4n) is 3.14. The second-order valence-corrected chi connectivity index (χ2v) is 5.21. The van der Waals surface area contributed by atoms with Crippen LogP contribution in [0.5, 0.6) is 0 Å². The maximum absolute atomic E-state index is 12.1. The summed E-state index contributed by atoms with van der Waals surface area (Å²) in [5.41, 5.74) is 3.75. The lowest BCUT2D eigenvalue weighted by Gasteiger charge is -2.27. The van der Waals surface area contributed by atoms with Gasteiger partial charge in [-0.15, -0.1) is 0 Å². The fraction of sp³-hybridized carbons (Fsp3) is 0.438. The van der Waals surface area contributed by atoms with Crippen LogP contribution in [0.4, 0.5) is 0 Å². The molecule has 1 heteroatoms. The maximum atomic E-state index is 12.1. The lowest BCUT2D eigenvalue weighted by atomic mass is 9.76. The molecule has 0 saturated heterocycles. The van der Waals surface area contributed by atoms with Crippen LogP contribution in [0.25, 0.3) is 0 Å². The Morgan fingerprint density at radius 2 is 1.94 bits per heavy atom. The zero-order valence-electron chi connectivity index (χ0n) is 10.1. The molecule has 1 atom stereocenters. The highest BCUT2D eigenvalue weighted by molar-refractivity contribution is 5.98. The second kappa shape index (κ2) is 4.48. The van der Waals surface area contributed by atoms with Crippen LogP contribution in [-0.2, 0) is 6.42 Å². The van der Waals surface area contributed by atoms with Gasteiger partial charge in [-0.05, 0) is 43.6 Å². The van der Waals surface area contributed by atoms with Gasteiger partial charge < -0.3 is 0 Å². The average molecular weight is 226 g/mol. The largest absolute Gasteiger partial charge is 0.294 e. The van der Waals surface area contributed by atoms with E-state index in [4.69, 9.17) is 0 Å². The van der Waals surface area contributed by atoms with Gasteiger partial charge in [0.15, 0.2) is 5.78 Å². The molecule has 17 heavy (non-hydrogen) atoms. The molecule has 0 N–H and O–H groups in total. The Bertz CT molecular complexity index is 470. The van der Waals surface area contributed by atoms with Crippen LogP contribution in [0.2, 0.25) is 0 Å². The van der Waals surface area contributed by atoms with Gasteiger partial charge in [0, 0.05) is 12.0 Å². The van der Waals surface area contributed by atoms with E-state index in [1.54, 1.807) is 5.57 Å². The van der Waals surface area contributed by atoms with E-state index < -0.39 is 0 Å². The normalized spacial score (nSPS) is 24.1. The Balaban J connectivity index is 1.88. The van der Waals surface area contributed by atoms with Crippen molar-refractivity contribution in [2.45, 2.75) is 38.5 Å². The predicted octanol–water partition coefficient (Wildman–Crippen LogP) is 3.93. The van der Waals surface area contributed by atoms with Crippen molar-refractivity contribution in [2.75, 3.05) is 0 Å². The van der Waals surface area contributed by atoms with E-state index in [1.165, 1.54) is 31.2 Å². The van der Waals surface area contributed by atoms with Crippen molar-refractivity contribution >= 4 is 5.78 Å². The molecule has 0 aliphatic heterocycles. The Morgan fingerprint density at radius 3 is 2.76 bits per heavy atom. The number of fused-ring (bicyclic) bond motifs is 1. The van der Waals surface area contributed by atoms with Gasteiger partial charge in [-0.25, -0.2) is 0 Å². The highest BCUT2D eigenvalue weighted by Gasteiger charge is 2.27. The number of benzene rings is 1. The van der Waals surface area contributed by atoms with E-state index >= 15 is 0 Å². The molecular weight excluding hydrogens is 208 g/mol. The first kappa shape index (κ1) is 10.8. The van der Waals surface area contributed by atoms with Crippen molar-refractivity contribution < 1.29 is 4.79 Å². The van der Waals surface area contributed by atoms with Crippen molar-refractivity contribution in [2.24, 2.45) is 5.92 Å². The minimum atomic E-state index is 0.336. The number of carbonyl (C=O) groups is 1. The highest BCUT2D eigenvalue weighted by atomic mass is 16.1. The molecule has 0 amide bonds. The summed E-state index contributed by atoms with van der Waals surface area (Å²) in [5.74, 6) is 0.820. The van der Waals surface area contributed by atoms with Gasteiger partial charge in [-0.2, -0.15) is 0 Å². The predicted molar refractivity (Wildman–Crippen MR) is 69.1 cm³/mol. The number of carbonyl (C=O) groups excluding carboxylic acids is 1. The highest BCUT2D eigenvalue weighted by Crippen LogP contribution is 2.34. The quantitative estimate of drug-likeness (QED) is 0.663. The average Bonchev–Trinajstić information content (AvgIpc) is 2.40. The first-order valence-corrected chi connectivity index (χ1v) is 6.64. The molecule has 3 rings (SSSR count). The van der Waals surface area contributed by atoms with Crippen molar-refractivity contribution in [3.05, 3.63) is 47.0 Å². The van der Waals surface area contributed by atoms with Gasteiger partial charge in [0.25, 0.3) is 0 Å². The molecule has 1 aromatic carbocycles. The third-order valence-electron chi connectivity index (χ3n) is 4.07. The zero-order valence-corrected chi connectivity index (χ0v) is 10.1. The van der Waals surface area contributed by atoms with Crippen molar-refractivity contribution in [1.29, 1.82) is 0 Å². The molecule has 1 unspecified atom stereocenters. The maximum Gasteiger partial charge on any atom is 0.163 e. The Hall–Kier alpha value is -1.37. The van der Waals surface area contributed by atoms with Crippen LogP contribution >= 0.6 is 0 Å². The molecule has 0 heterocycles. The van der Waals surface area contributed by atoms with Gasteiger partial charge in [0.05, 0.1) is 0 Å². The second-order valence-electron chi connectivity index (χ2n) is 5.21. The molecule has 2 aliphatic carbocycles. The standard InChI is InChI=1S/C16H18O/c17-16-11-14(12-6-2-1-3-7-12)10-13-8-4-5-9-15(13)16/h4-6,8-9,14H,1-3,7,10-11H2. The van der Waals surface area contributed by atoms with E-state index in [2.05, 4.69) is 12.1 Å². The summed E-state index contributed by atoms with van der Waals surface area (Å²) >= 11 is 0. The summed E-state index contributed by atoms with van der Waals surface area (Å²) in [6, 6.07) is 8.10. The van der Waals surface area contributed by atoms with Crippen LogP contribution in [0.15, 0.2) is 35.9 Å². The van der Waals surface area contributed by atoms with E-state index in [0.717, 1.165) is 18.4 Å². The lowest BCUT2D eigenvalue weighted by Crippen LogP contribution is -2.22. The number of allylic oxidation sites excluding steroid dienone is 2. The molecule has 0 fully saturated rings. The topological polar surface area (TPSA) is 17.1 Å². The van der Waals surface area contributed by atoms with Crippen LogP contribution in [0.3, 0.4) is 0 Å². The summed E-state index contributed by atoms with van der Waals surface area (Å²) in [6.45, 7) is 0. The monoisotopic (exact) mass is 226 g/mol. The number of Topliss-reactive ketones (excluding diaryl/α,β-unsaturated/α-hetero) is 1. The smallest absolute Gasteiger partial charge is 0.163 e. The molecule has 0 bridgehead atoms. The lowest BCUT2D eigenvalue weighted by molar-refractivity contribution is 0.0955. The van der Waals surface area contributed by atoms with Crippen LogP contribution < -0.4 is 0 Å². The van der Waals surface area contributed by atoms with E-state index in [0.29, 0.717) is 11.7 Å². The molecule has 0 saturated carbocycles. The number of rotatable bonds is 1. The SMILES string of the molecule is O=C1CC(C2=CCCCC2)Cc2ccccc21. The Labute approximate surface area is 103 Å². The third kappa shape index (κ3) is 2.06. The summed E-state index contributed by atoms with van der Waals surface area (Å²) < 4.78 is 0. The van der Waals surface area contributed by atoms with Gasteiger partial charge in [0.2, 0.25) is 0 Å². The van der Waals surface area contributed by atoms with Gasteiger partial charge in [-0.3, -0.25) is 4.79 Å². The van der Waals surface area contributed by atoms with Crippen molar-refractivity contribution in [3.8, 4) is 0 Å². The van der Waals surface area contributed by atoms with Crippen LogP contribution in [0.1, 0.15) is 48.0 Å². The number of ketones is 1. The summed E-state index contributed by atoms with van der Waals surface area (Å²) in [5, 5.41) is 0. The fourth-order valence-corrected chi connectivity index (χ4v) is 3.14. The minimum absolute atomic E-state index is 0.336. The van der Waals surface area contributed by atoms with Crippen LogP contribution in [0, 0.1) is 5.92 Å². The molecule has 88 valence electrons. The van der Waals surface area contributed by atoms with Crippen molar-refractivity contribution in [3.63, 3.8) is 0 Å². The number of hydrogen-bond acceptors (Lipinski definition) is 1. The molecule has 0 aromatic heterocycles. The van der Waals surface area contributed by atoms with E-state index in [1.807, 2.05) is 18.2 Å². The van der Waals surface area contributed by atoms with E-state index in [9.17, 15) is 4.79 Å². The minimum Gasteiger partial charge on any atom is -0.294 e. The molecule has 1 nitrogen and oxygen atoms in total.